The Bertz CT molecular complexity index is 745. The molecule has 3 rings (SSSR count). The lowest BCUT2D eigenvalue weighted by atomic mass is 10.1. The first-order valence-electron chi connectivity index (χ1n) is 8.28. The number of anilines is 1. The van der Waals surface area contributed by atoms with Crippen LogP contribution in [0.15, 0.2) is 42.5 Å². The molecule has 0 aliphatic carbocycles. The number of primary amides is 1. The van der Waals surface area contributed by atoms with Crippen LogP contribution in [0.25, 0.3) is 0 Å². The zero-order valence-electron chi connectivity index (χ0n) is 13.8. The second kappa shape index (κ2) is 7.98. The lowest BCUT2D eigenvalue weighted by molar-refractivity contribution is 0.0682. The van der Waals surface area contributed by atoms with E-state index in [0.717, 1.165) is 25.0 Å². The molecule has 0 saturated carbocycles. The average Bonchev–Trinajstić information content (AvgIpc) is 3.13. The molecule has 0 radical (unpaired) electrons. The number of nitrogens with two attached hydrogens (primary N) is 1. The van der Waals surface area contributed by atoms with Crippen molar-refractivity contribution < 1.29 is 18.7 Å². The summed E-state index contributed by atoms with van der Waals surface area (Å²) >= 11 is 0. The number of amides is 1. The zero-order chi connectivity index (χ0) is 17.6. The van der Waals surface area contributed by atoms with Crippen LogP contribution in [-0.4, -0.2) is 25.2 Å². The fraction of sp³-hybridized carbons (Fsp3) is 0.316. The fourth-order valence-corrected chi connectivity index (χ4v) is 2.76. The average molecular weight is 344 g/mol. The van der Waals surface area contributed by atoms with Gasteiger partial charge in [0.05, 0.1) is 11.8 Å². The Hall–Kier alpha value is -2.60. The van der Waals surface area contributed by atoms with E-state index < -0.39 is 5.91 Å². The van der Waals surface area contributed by atoms with E-state index in [1.165, 1.54) is 12.1 Å². The van der Waals surface area contributed by atoms with E-state index in [4.69, 9.17) is 15.2 Å². The number of carbonyl (C=O) groups is 1. The number of carbonyl (C=O) groups excluding carboxylic acids is 1. The van der Waals surface area contributed by atoms with Crippen molar-refractivity contribution >= 4 is 11.6 Å². The summed E-state index contributed by atoms with van der Waals surface area (Å²) in [6.07, 6.45) is 2.10. The second-order valence-corrected chi connectivity index (χ2v) is 6.00. The van der Waals surface area contributed by atoms with E-state index in [-0.39, 0.29) is 11.9 Å². The summed E-state index contributed by atoms with van der Waals surface area (Å²) < 4.78 is 24.9. The summed E-state index contributed by atoms with van der Waals surface area (Å²) in [5.41, 5.74) is 7.15. The molecule has 5 nitrogen and oxygen atoms in total. The molecule has 1 saturated heterocycles. The Morgan fingerprint density at radius 1 is 1.32 bits per heavy atom. The van der Waals surface area contributed by atoms with E-state index >= 15 is 0 Å². The maximum Gasteiger partial charge on any atom is 0.248 e. The summed E-state index contributed by atoms with van der Waals surface area (Å²) in [5, 5.41) is 3.15. The lowest BCUT2D eigenvalue weighted by Gasteiger charge is -2.16. The lowest BCUT2D eigenvalue weighted by Crippen LogP contribution is -2.17. The Kier molecular flexibility index (Phi) is 5.50. The molecule has 0 spiro atoms. The van der Waals surface area contributed by atoms with Crippen molar-refractivity contribution in [2.45, 2.75) is 25.5 Å². The molecular weight excluding hydrogens is 323 g/mol. The topological polar surface area (TPSA) is 73.6 Å². The van der Waals surface area contributed by atoms with Crippen molar-refractivity contribution in [3.05, 3.63) is 59.4 Å². The highest BCUT2D eigenvalue weighted by atomic mass is 19.1. The van der Waals surface area contributed by atoms with Crippen molar-refractivity contribution in [1.82, 2.24) is 0 Å². The largest absolute Gasteiger partial charge is 0.489 e. The van der Waals surface area contributed by atoms with Crippen LogP contribution in [0.2, 0.25) is 0 Å². The molecule has 132 valence electrons. The van der Waals surface area contributed by atoms with Crippen molar-refractivity contribution in [1.29, 1.82) is 0 Å². The summed E-state index contributed by atoms with van der Waals surface area (Å²) in [4.78, 5) is 11.3. The van der Waals surface area contributed by atoms with Crippen molar-refractivity contribution in [3.8, 4) is 5.75 Å². The maximum atomic E-state index is 13.6. The molecular formula is C19H21FN2O3. The van der Waals surface area contributed by atoms with Gasteiger partial charge < -0.3 is 20.5 Å². The Balaban J connectivity index is 1.67. The summed E-state index contributed by atoms with van der Waals surface area (Å²) in [7, 11) is 0. The first-order chi connectivity index (χ1) is 12.1. The van der Waals surface area contributed by atoms with E-state index in [0.29, 0.717) is 30.2 Å². The third-order valence-electron chi connectivity index (χ3n) is 4.08. The zero-order valence-corrected chi connectivity index (χ0v) is 13.8. The highest BCUT2D eigenvalue weighted by Crippen LogP contribution is 2.27. The number of ether oxygens (including phenoxy) is 2. The maximum absolute atomic E-state index is 13.6. The van der Waals surface area contributed by atoms with Gasteiger partial charge in [0.2, 0.25) is 5.91 Å². The van der Waals surface area contributed by atoms with Crippen LogP contribution in [0.3, 0.4) is 0 Å². The van der Waals surface area contributed by atoms with Crippen LogP contribution in [-0.2, 0) is 11.3 Å². The van der Waals surface area contributed by atoms with Crippen LogP contribution < -0.4 is 15.8 Å². The number of benzene rings is 2. The van der Waals surface area contributed by atoms with Gasteiger partial charge in [-0.25, -0.2) is 4.39 Å². The summed E-state index contributed by atoms with van der Waals surface area (Å²) in [5.74, 6) is -0.256. The van der Waals surface area contributed by atoms with Gasteiger partial charge in [0.1, 0.15) is 18.2 Å². The van der Waals surface area contributed by atoms with E-state index in [9.17, 15) is 9.18 Å². The standard InChI is InChI=1S/C19H21FN2O3/c20-15-6-7-18(25-12-16-5-2-8-24-16)17(10-15)22-11-13-3-1-4-14(9-13)19(21)23/h1,3-4,6-7,9-10,16,22H,2,5,8,11-12H2,(H2,21,23)/t16-/m0/s1. The normalized spacial score (nSPS) is 16.6. The van der Waals surface area contributed by atoms with Crippen LogP contribution in [0.4, 0.5) is 10.1 Å². The number of hydrogen-bond donors (Lipinski definition) is 2. The monoisotopic (exact) mass is 344 g/mol. The van der Waals surface area contributed by atoms with Gasteiger partial charge in [-0.3, -0.25) is 4.79 Å². The van der Waals surface area contributed by atoms with E-state index in [2.05, 4.69) is 5.32 Å². The van der Waals surface area contributed by atoms with Gasteiger partial charge >= 0.3 is 0 Å². The molecule has 25 heavy (non-hydrogen) atoms. The van der Waals surface area contributed by atoms with Gasteiger partial charge in [0.15, 0.2) is 0 Å². The van der Waals surface area contributed by atoms with Gasteiger partial charge in [-0.15, -0.1) is 0 Å². The predicted molar refractivity (Wildman–Crippen MR) is 93.2 cm³/mol. The molecule has 1 fully saturated rings. The first kappa shape index (κ1) is 17.2. The van der Waals surface area contributed by atoms with Crippen LogP contribution in [0.1, 0.15) is 28.8 Å². The molecule has 3 N–H and O–H groups in total. The number of hydrogen-bond acceptors (Lipinski definition) is 4. The molecule has 1 aliphatic rings. The number of nitrogens with one attached hydrogen (secondary N) is 1. The van der Waals surface area contributed by atoms with E-state index in [1.807, 2.05) is 6.07 Å². The van der Waals surface area contributed by atoms with Gasteiger partial charge in [-0.2, -0.15) is 0 Å². The predicted octanol–water partition coefficient (Wildman–Crippen LogP) is 3.09. The first-order valence-corrected chi connectivity index (χ1v) is 8.28. The highest BCUT2D eigenvalue weighted by Gasteiger charge is 2.17. The van der Waals surface area contributed by atoms with Gasteiger partial charge in [0, 0.05) is 24.8 Å². The third kappa shape index (κ3) is 4.70. The second-order valence-electron chi connectivity index (χ2n) is 6.00. The SMILES string of the molecule is NC(=O)c1cccc(CNc2cc(F)ccc2OC[C@@H]2CCCO2)c1. The van der Waals surface area contributed by atoms with Crippen LogP contribution >= 0.6 is 0 Å². The van der Waals surface area contributed by atoms with E-state index in [1.54, 1.807) is 24.3 Å². The molecule has 1 amide bonds. The van der Waals surface area contributed by atoms with Crippen LogP contribution in [0, 0.1) is 5.82 Å². The molecule has 2 aromatic rings. The van der Waals surface area contributed by atoms with Crippen molar-refractivity contribution in [3.63, 3.8) is 0 Å². The minimum Gasteiger partial charge on any atom is -0.489 e. The Morgan fingerprint density at radius 2 is 2.20 bits per heavy atom. The molecule has 1 aliphatic heterocycles. The smallest absolute Gasteiger partial charge is 0.248 e. The minimum absolute atomic E-state index is 0.0881. The van der Waals surface area contributed by atoms with Crippen molar-refractivity contribution in [2.75, 3.05) is 18.5 Å². The summed E-state index contributed by atoms with van der Waals surface area (Å²) in [6, 6.07) is 11.4. The Labute approximate surface area is 145 Å². The number of rotatable bonds is 7. The van der Waals surface area contributed by atoms with Gasteiger partial charge in [0.25, 0.3) is 0 Å². The summed E-state index contributed by atoms with van der Waals surface area (Å²) in [6.45, 7) is 1.62. The third-order valence-corrected chi connectivity index (χ3v) is 4.08. The molecule has 1 heterocycles. The molecule has 2 aromatic carbocycles. The Morgan fingerprint density at radius 3 is 2.96 bits per heavy atom. The minimum atomic E-state index is -0.479. The molecule has 1 atom stereocenters. The van der Waals surface area contributed by atoms with Gasteiger partial charge in [-0.1, -0.05) is 12.1 Å². The van der Waals surface area contributed by atoms with Gasteiger partial charge in [-0.05, 0) is 42.7 Å². The van der Waals surface area contributed by atoms with Crippen molar-refractivity contribution in [2.24, 2.45) is 5.73 Å². The quantitative estimate of drug-likeness (QED) is 0.809. The molecule has 6 heteroatoms. The number of halogens is 1. The molecule has 0 bridgehead atoms. The molecule has 0 unspecified atom stereocenters. The van der Waals surface area contributed by atoms with Crippen LogP contribution in [0.5, 0.6) is 5.75 Å². The highest BCUT2D eigenvalue weighted by molar-refractivity contribution is 5.92. The fourth-order valence-electron chi connectivity index (χ4n) is 2.76. The molecule has 0 aromatic heterocycles.